The summed E-state index contributed by atoms with van der Waals surface area (Å²) in [5.41, 5.74) is -5.98. The summed E-state index contributed by atoms with van der Waals surface area (Å²) in [5.74, 6) is -2.14. The number of alkyl halides is 3. The van der Waals surface area contributed by atoms with E-state index >= 15 is 0 Å². The van der Waals surface area contributed by atoms with Crippen molar-refractivity contribution in [2.45, 2.75) is 18.3 Å². The molecule has 6 nitrogen and oxygen atoms in total. The first-order chi connectivity index (χ1) is 11.0. The molecule has 1 atom stereocenters. The van der Waals surface area contributed by atoms with Gasteiger partial charge in [-0.3, -0.25) is 9.59 Å². The zero-order chi connectivity index (χ0) is 18.5. The molecule has 0 spiro atoms. The van der Waals surface area contributed by atoms with E-state index in [4.69, 9.17) is 0 Å². The Morgan fingerprint density at radius 2 is 1.88 bits per heavy atom. The first-order valence-corrected chi connectivity index (χ1v) is 11.7. The highest BCUT2D eigenvalue weighted by Crippen LogP contribution is 2.31. The quantitative estimate of drug-likeness (QED) is 0.144. The number of benzene rings is 1. The fourth-order valence-electron chi connectivity index (χ4n) is 1.50. The lowest BCUT2D eigenvalue weighted by atomic mass is 10.1. The Balaban J connectivity index is 3.18. The van der Waals surface area contributed by atoms with Gasteiger partial charge >= 0.3 is 21.6 Å². The molecular weight excluding hydrogens is 487 g/mol. The monoisotopic (exact) mass is 498 g/mol. The SMILES string of the molecule is COC(=O)CCC(=O)c1ccc(PI)cc1OS(=O)(=O)C(F)(F)F. The van der Waals surface area contributed by atoms with Crippen LogP contribution in [0.5, 0.6) is 5.75 Å². The van der Waals surface area contributed by atoms with Crippen molar-refractivity contribution >= 4 is 55.4 Å². The maximum Gasteiger partial charge on any atom is 0.534 e. The highest BCUT2D eigenvalue weighted by molar-refractivity contribution is 14.2. The number of Topliss-reactive ketones (excluding diaryl/α,β-unsaturated/α-hetero) is 1. The molecule has 0 aliphatic heterocycles. The number of halogens is 4. The van der Waals surface area contributed by atoms with Crippen LogP contribution in [0.15, 0.2) is 18.2 Å². The molecule has 134 valence electrons. The largest absolute Gasteiger partial charge is 0.534 e. The van der Waals surface area contributed by atoms with E-state index in [2.05, 4.69) is 8.92 Å². The van der Waals surface area contributed by atoms with Crippen molar-refractivity contribution in [3.8, 4) is 5.75 Å². The second kappa shape index (κ2) is 8.43. The number of carbonyl (C=O) groups excluding carboxylic acids is 2. The van der Waals surface area contributed by atoms with Gasteiger partial charge in [-0.2, -0.15) is 21.6 Å². The van der Waals surface area contributed by atoms with Gasteiger partial charge in [0.15, 0.2) is 11.5 Å². The number of carbonyl (C=O) groups is 2. The Morgan fingerprint density at radius 1 is 1.25 bits per heavy atom. The minimum Gasteiger partial charge on any atom is -0.469 e. The van der Waals surface area contributed by atoms with Gasteiger partial charge < -0.3 is 8.92 Å². The molecule has 24 heavy (non-hydrogen) atoms. The smallest absolute Gasteiger partial charge is 0.469 e. The van der Waals surface area contributed by atoms with Crippen molar-refractivity contribution in [3.05, 3.63) is 23.8 Å². The molecule has 1 aromatic rings. The van der Waals surface area contributed by atoms with Crippen LogP contribution in [0.25, 0.3) is 0 Å². The fraction of sp³-hybridized carbons (Fsp3) is 0.333. The van der Waals surface area contributed by atoms with Gasteiger partial charge in [0.05, 0.1) is 19.1 Å². The number of ketones is 1. The molecule has 0 amide bonds. The van der Waals surface area contributed by atoms with E-state index in [9.17, 15) is 31.2 Å². The zero-order valence-corrected chi connectivity index (χ0v) is 16.0. The van der Waals surface area contributed by atoms with Crippen molar-refractivity contribution in [1.82, 2.24) is 0 Å². The van der Waals surface area contributed by atoms with Gasteiger partial charge in [-0.25, -0.2) is 0 Å². The van der Waals surface area contributed by atoms with Gasteiger partial charge in [0.25, 0.3) is 0 Å². The van der Waals surface area contributed by atoms with Gasteiger partial charge in [-0.15, -0.1) is 0 Å². The van der Waals surface area contributed by atoms with Gasteiger partial charge in [-0.1, -0.05) is 28.1 Å². The summed E-state index contributed by atoms with van der Waals surface area (Å²) in [4.78, 5) is 23.1. The highest BCUT2D eigenvalue weighted by atomic mass is 127. The molecule has 0 bridgehead atoms. The van der Waals surface area contributed by atoms with Gasteiger partial charge in [0.2, 0.25) is 0 Å². The number of ether oxygens (including phenoxy) is 1. The topological polar surface area (TPSA) is 86.7 Å². The summed E-state index contributed by atoms with van der Waals surface area (Å²) in [6, 6.07) is 3.69. The van der Waals surface area contributed by atoms with Crippen molar-refractivity contribution in [3.63, 3.8) is 0 Å². The summed E-state index contributed by atoms with van der Waals surface area (Å²) in [6.45, 7) is 0. The Bertz CT molecular complexity index is 735. The maximum absolute atomic E-state index is 12.5. The highest BCUT2D eigenvalue weighted by Gasteiger charge is 2.49. The van der Waals surface area contributed by atoms with Crippen LogP contribution in [-0.4, -0.2) is 32.8 Å². The predicted molar refractivity (Wildman–Crippen MR) is 89.6 cm³/mol. The van der Waals surface area contributed by atoms with Crippen LogP contribution >= 0.6 is 28.3 Å². The normalized spacial score (nSPS) is 12.4. The molecule has 1 rings (SSSR count). The van der Waals surface area contributed by atoms with Crippen molar-refractivity contribution in [2.24, 2.45) is 0 Å². The molecule has 0 saturated carbocycles. The van der Waals surface area contributed by atoms with E-state index in [0.29, 0.717) is 5.30 Å². The Kier molecular flexibility index (Phi) is 7.42. The van der Waals surface area contributed by atoms with Gasteiger partial charge in [0, 0.05) is 6.42 Å². The van der Waals surface area contributed by atoms with E-state index in [1.807, 2.05) is 22.0 Å². The molecule has 0 aliphatic rings. The summed E-state index contributed by atoms with van der Waals surface area (Å²) >= 11 is 1.94. The van der Waals surface area contributed by atoms with Crippen LogP contribution in [0, 0.1) is 0 Å². The number of methoxy groups -OCH3 is 1. The third-order valence-electron chi connectivity index (χ3n) is 2.66. The molecule has 0 radical (unpaired) electrons. The molecule has 0 aliphatic carbocycles. The van der Waals surface area contributed by atoms with Crippen LogP contribution in [0.1, 0.15) is 23.2 Å². The Labute approximate surface area is 150 Å². The average molecular weight is 498 g/mol. The molecule has 0 aromatic heterocycles. The summed E-state index contributed by atoms with van der Waals surface area (Å²) < 4.78 is 68.2. The Morgan fingerprint density at radius 3 is 2.38 bits per heavy atom. The van der Waals surface area contributed by atoms with Crippen LogP contribution in [0.3, 0.4) is 0 Å². The van der Waals surface area contributed by atoms with Gasteiger partial charge in [-0.05, 0) is 23.7 Å². The summed E-state index contributed by atoms with van der Waals surface area (Å²) in [5, 5.41) is 0.493. The lowest BCUT2D eigenvalue weighted by Crippen LogP contribution is -2.29. The van der Waals surface area contributed by atoms with E-state index in [1.54, 1.807) is 0 Å². The second-order valence-corrected chi connectivity index (χ2v) is 8.21. The number of hydrogen-bond acceptors (Lipinski definition) is 6. The van der Waals surface area contributed by atoms with Crippen LogP contribution in [0.4, 0.5) is 13.2 Å². The minimum atomic E-state index is -5.91. The third kappa shape index (κ3) is 5.55. The lowest BCUT2D eigenvalue weighted by molar-refractivity contribution is -0.140. The minimum absolute atomic E-state index is 0.115. The van der Waals surface area contributed by atoms with E-state index in [1.165, 1.54) is 12.1 Å². The first kappa shape index (κ1) is 21.1. The van der Waals surface area contributed by atoms with E-state index < -0.39 is 33.1 Å². The number of rotatable bonds is 7. The summed E-state index contributed by atoms with van der Waals surface area (Å²) in [7, 11) is -4.79. The van der Waals surface area contributed by atoms with E-state index in [-0.39, 0.29) is 24.6 Å². The predicted octanol–water partition coefficient (Wildman–Crippen LogP) is 2.70. The standard InChI is InChI=1S/C12H11F3IO6PS/c1-21-11(18)5-4-9(17)8-3-2-7(23-16)6-10(8)22-24(19,20)12(13,14)15/h2-3,6,23H,4-5H2,1H3. The summed E-state index contributed by atoms with van der Waals surface area (Å²) in [6.07, 6.45) is -0.540. The number of esters is 1. The van der Waals surface area contributed by atoms with Crippen LogP contribution in [-0.2, 0) is 19.6 Å². The fourth-order valence-corrected chi connectivity index (χ4v) is 3.31. The molecule has 0 heterocycles. The van der Waals surface area contributed by atoms with Crippen molar-refractivity contribution in [2.75, 3.05) is 7.11 Å². The number of hydrogen-bond donors (Lipinski definition) is 0. The lowest BCUT2D eigenvalue weighted by Gasteiger charge is -2.13. The molecule has 1 aromatic carbocycles. The van der Waals surface area contributed by atoms with Crippen molar-refractivity contribution < 1.29 is 40.1 Å². The zero-order valence-electron chi connectivity index (χ0n) is 12.0. The maximum atomic E-state index is 12.5. The molecule has 0 fully saturated rings. The molecule has 0 saturated heterocycles. The average Bonchev–Trinajstić information content (AvgIpc) is 2.50. The molecular formula is C12H11F3IO6PS. The van der Waals surface area contributed by atoms with Crippen molar-refractivity contribution in [1.29, 1.82) is 0 Å². The molecule has 1 unspecified atom stereocenters. The third-order valence-corrected chi connectivity index (χ3v) is 6.02. The van der Waals surface area contributed by atoms with Gasteiger partial charge in [0.1, 0.15) is 0 Å². The second-order valence-electron chi connectivity index (χ2n) is 4.29. The van der Waals surface area contributed by atoms with Crippen LogP contribution < -0.4 is 9.49 Å². The van der Waals surface area contributed by atoms with E-state index in [0.717, 1.165) is 13.2 Å². The molecule has 12 heteroatoms. The van der Waals surface area contributed by atoms with Crippen LogP contribution in [0.2, 0.25) is 0 Å². The first-order valence-electron chi connectivity index (χ1n) is 6.13. The molecule has 0 N–H and O–H groups in total. The Hall–Kier alpha value is -0.940.